The Bertz CT molecular complexity index is 330. The average molecular weight is 223 g/mol. The maximum Gasteiger partial charge on any atom is 0.123 e. The summed E-state index contributed by atoms with van der Waals surface area (Å²) in [6, 6.07) is 7.74. The summed E-state index contributed by atoms with van der Waals surface area (Å²) in [6.45, 7) is -0.338. The van der Waals surface area contributed by atoms with Gasteiger partial charge in [-0.3, -0.25) is 0 Å². The second-order valence-electron chi connectivity index (χ2n) is 4.43. The summed E-state index contributed by atoms with van der Waals surface area (Å²) in [4.78, 5) is 0. The Hall–Kier alpha value is -1.09. The van der Waals surface area contributed by atoms with Gasteiger partial charge in [-0.2, -0.15) is 0 Å². The summed E-state index contributed by atoms with van der Waals surface area (Å²) in [5, 5.41) is 0. The minimum absolute atomic E-state index is 0.118. The van der Waals surface area contributed by atoms with E-state index in [1.165, 1.54) is 12.8 Å². The van der Waals surface area contributed by atoms with Gasteiger partial charge in [-0.05, 0) is 30.5 Å². The van der Waals surface area contributed by atoms with E-state index in [0.717, 1.165) is 18.4 Å². The van der Waals surface area contributed by atoms with Gasteiger partial charge in [-0.1, -0.05) is 25.0 Å². The number of alkyl halides is 1. The molecule has 0 aliphatic heterocycles. The zero-order valence-electron chi connectivity index (χ0n) is 9.42. The van der Waals surface area contributed by atoms with E-state index in [4.69, 9.17) is 10.5 Å². The van der Waals surface area contributed by atoms with Gasteiger partial charge in [0.05, 0.1) is 0 Å². The fourth-order valence-electron chi connectivity index (χ4n) is 2.33. The van der Waals surface area contributed by atoms with Gasteiger partial charge in [-0.25, -0.2) is 4.39 Å². The third-order valence-electron chi connectivity index (χ3n) is 3.27. The lowest BCUT2D eigenvalue weighted by atomic mass is 9.89. The first-order valence-corrected chi connectivity index (χ1v) is 5.83. The molecule has 1 aliphatic carbocycles. The zero-order chi connectivity index (χ0) is 11.4. The van der Waals surface area contributed by atoms with Crippen LogP contribution in [-0.4, -0.2) is 13.3 Å². The molecular weight excluding hydrogens is 205 g/mol. The van der Waals surface area contributed by atoms with Crippen molar-refractivity contribution in [2.75, 3.05) is 13.3 Å². The summed E-state index contributed by atoms with van der Waals surface area (Å²) in [5.74, 6) is 0.711. The summed E-state index contributed by atoms with van der Waals surface area (Å²) >= 11 is 0. The van der Waals surface area contributed by atoms with Crippen LogP contribution in [0, 0.1) is 0 Å². The molecule has 3 heteroatoms. The lowest BCUT2D eigenvalue weighted by molar-refractivity contribution is 0.273. The second-order valence-corrected chi connectivity index (χ2v) is 4.43. The van der Waals surface area contributed by atoms with Crippen LogP contribution in [0.25, 0.3) is 0 Å². The molecule has 2 nitrogen and oxygen atoms in total. The Kier molecular flexibility index (Phi) is 3.44. The first-order valence-electron chi connectivity index (χ1n) is 5.83. The molecule has 0 heterocycles. The van der Waals surface area contributed by atoms with Crippen molar-refractivity contribution >= 4 is 0 Å². The summed E-state index contributed by atoms with van der Waals surface area (Å²) in [7, 11) is 0. The Balaban J connectivity index is 2.06. The van der Waals surface area contributed by atoms with Gasteiger partial charge in [-0.15, -0.1) is 0 Å². The van der Waals surface area contributed by atoms with E-state index < -0.39 is 6.67 Å². The summed E-state index contributed by atoms with van der Waals surface area (Å²) in [6.07, 6.45) is 4.52. The van der Waals surface area contributed by atoms with Crippen LogP contribution in [0.3, 0.4) is 0 Å². The smallest absolute Gasteiger partial charge is 0.123 e. The van der Waals surface area contributed by atoms with Crippen LogP contribution in [0.2, 0.25) is 0 Å². The van der Waals surface area contributed by atoms with Crippen LogP contribution in [0.1, 0.15) is 31.2 Å². The number of hydrogen-bond donors (Lipinski definition) is 1. The number of rotatable bonds is 4. The van der Waals surface area contributed by atoms with Crippen LogP contribution >= 0.6 is 0 Å². The number of nitrogens with two attached hydrogens (primary N) is 1. The zero-order valence-corrected chi connectivity index (χ0v) is 9.42. The van der Waals surface area contributed by atoms with Crippen LogP contribution < -0.4 is 10.5 Å². The molecule has 1 aromatic carbocycles. The van der Waals surface area contributed by atoms with Crippen molar-refractivity contribution in [2.45, 2.75) is 31.2 Å². The average Bonchev–Trinajstić information content (AvgIpc) is 2.75. The number of benzene rings is 1. The molecule has 1 saturated carbocycles. The highest BCUT2D eigenvalue weighted by Gasteiger charge is 2.30. The highest BCUT2D eigenvalue weighted by Crippen LogP contribution is 2.36. The molecule has 0 amide bonds. The van der Waals surface area contributed by atoms with E-state index in [1.54, 1.807) is 0 Å². The van der Waals surface area contributed by atoms with Crippen LogP contribution in [-0.2, 0) is 5.54 Å². The molecule has 88 valence electrons. The predicted octanol–water partition coefficient (Wildman–Crippen LogP) is 2.76. The Morgan fingerprint density at radius 2 is 1.81 bits per heavy atom. The van der Waals surface area contributed by atoms with Crippen molar-refractivity contribution < 1.29 is 9.13 Å². The van der Waals surface area contributed by atoms with Gasteiger partial charge in [0.15, 0.2) is 0 Å². The van der Waals surface area contributed by atoms with Crippen molar-refractivity contribution in [2.24, 2.45) is 5.73 Å². The minimum atomic E-state index is -0.456. The molecule has 0 bridgehead atoms. The van der Waals surface area contributed by atoms with Crippen LogP contribution in [0.4, 0.5) is 4.39 Å². The molecule has 0 unspecified atom stereocenters. The second kappa shape index (κ2) is 4.83. The third kappa shape index (κ3) is 2.35. The molecule has 1 aliphatic rings. The molecule has 1 fully saturated rings. The van der Waals surface area contributed by atoms with Crippen molar-refractivity contribution in [3.8, 4) is 5.75 Å². The fraction of sp³-hybridized carbons (Fsp3) is 0.538. The van der Waals surface area contributed by atoms with E-state index in [0.29, 0.717) is 5.75 Å². The number of ether oxygens (including phenoxy) is 1. The van der Waals surface area contributed by atoms with Gasteiger partial charge in [0.25, 0.3) is 0 Å². The molecule has 0 spiro atoms. The molecular formula is C13H18FNO. The molecule has 2 N–H and O–H groups in total. The Labute approximate surface area is 95.6 Å². The molecule has 0 atom stereocenters. The minimum Gasteiger partial charge on any atom is -0.491 e. The predicted molar refractivity (Wildman–Crippen MR) is 62.2 cm³/mol. The number of hydrogen-bond acceptors (Lipinski definition) is 2. The largest absolute Gasteiger partial charge is 0.491 e. The van der Waals surface area contributed by atoms with Gasteiger partial charge >= 0.3 is 0 Å². The maximum absolute atomic E-state index is 11.9. The third-order valence-corrected chi connectivity index (χ3v) is 3.27. The maximum atomic E-state index is 11.9. The lowest BCUT2D eigenvalue weighted by Gasteiger charge is -2.24. The van der Waals surface area contributed by atoms with Gasteiger partial charge in [0, 0.05) is 5.54 Å². The van der Waals surface area contributed by atoms with E-state index >= 15 is 0 Å². The van der Waals surface area contributed by atoms with E-state index in [1.807, 2.05) is 24.3 Å². The van der Waals surface area contributed by atoms with Gasteiger partial charge in [0.1, 0.15) is 19.0 Å². The lowest BCUT2D eigenvalue weighted by Crippen LogP contribution is -2.32. The molecule has 0 radical (unpaired) electrons. The van der Waals surface area contributed by atoms with Crippen molar-refractivity contribution in [1.29, 1.82) is 0 Å². The SMILES string of the molecule is NC1(c2ccc(OCCF)cc2)CCCC1. The van der Waals surface area contributed by atoms with E-state index in [-0.39, 0.29) is 12.1 Å². The first-order chi connectivity index (χ1) is 7.74. The summed E-state index contributed by atoms with van der Waals surface area (Å²) in [5.41, 5.74) is 7.34. The molecule has 16 heavy (non-hydrogen) atoms. The monoisotopic (exact) mass is 223 g/mol. The van der Waals surface area contributed by atoms with Gasteiger partial charge < -0.3 is 10.5 Å². The van der Waals surface area contributed by atoms with Crippen LogP contribution in [0.15, 0.2) is 24.3 Å². The Morgan fingerprint density at radius 1 is 1.19 bits per heavy atom. The van der Waals surface area contributed by atoms with Gasteiger partial charge in [0.2, 0.25) is 0 Å². The molecule has 0 saturated heterocycles. The fourth-order valence-corrected chi connectivity index (χ4v) is 2.33. The molecule has 2 rings (SSSR count). The number of halogens is 1. The highest BCUT2D eigenvalue weighted by molar-refractivity contribution is 5.32. The first kappa shape index (κ1) is 11.4. The molecule has 0 aromatic heterocycles. The van der Waals surface area contributed by atoms with Crippen LogP contribution in [0.5, 0.6) is 5.75 Å². The van der Waals surface area contributed by atoms with Crippen molar-refractivity contribution in [3.63, 3.8) is 0 Å². The topological polar surface area (TPSA) is 35.2 Å². The van der Waals surface area contributed by atoms with Crippen molar-refractivity contribution in [3.05, 3.63) is 29.8 Å². The van der Waals surface area contributed by atoms with E-state index in [9.17, 15) is 4.39 Å². The van der Waals surface area contributed by atoms with Crippen molar-refractivity contribution in [1.82, 2.24) is 0 Å². The molecule has 1 aromatic rings. The standard InChI is InChI=1S/C13H18FNO/c14-9-10-16-12-5-3-11(4-6-12)13(15)7-1-2-8-13/h3-6H,1-2,7-10,15H2. The Morgan fingerprint density at radius 3 is 2.38 bits per heavy atom. The van der Waals surface area contributed by atoms with E-state index in [2.05, 4.69) is 0 Å². The summed E-state index contributed by atoms with van der Waals surface area (Å²) < 4.78 is 17.1. The highest BCUT2D eigenvalue weighted by atomic mass is 19.1. The normalized spacial score (nSPS) is 18.6. The quantitative estimate of drug-likeness (QED) is 0.851.